The lowest BCUT2D eigenvalue weighted by atomic mass is 9.93. The molecule has 1 aliphatic rings. The summed E-state index contributed by atoms with van der Waals surface area (Å²) in [6, 6.07) is 2.45. The monoisotopic (exact) mass is 275 g/mol. The summed E-state index contributed by atoms with van der Waals surface area (Å²) in [7, 11) is 3.60. The molecule has 0 spiro atoms. The number of hydrogen-bond acceptors (Lipinski definition) is 4. The molecule has 0 saturated carbocycles. The average Bonchev–Trinajstić information content (AvgIpc) is 3.01. The van der Waals surface area contributed by atoms with Gasteiger partial charge in [0.2, 0.25) is 5.88 Å². The summed E-state index contributed by atoms with van der Waals surface area (Å²) in [5, 5.41) is 8.03. The van der Waals surface area contributed by atoms with Crippen molar-refractivity contribution in [1.82, 2.24) is 15.1 Å². The first kappa shape index (κ1) is 13.2. The lowest BCUT2D eigenvalue weighted by Gasteiger charge is -2.23. The molecule has 0 bridgehead atoms. The highest BCUT2D eigenvalue weighted by molar-refractivity contribution is 5.31. The fourth-order valence-electron chi connectivity index (χ4n) is 3.06. The van der Waals surface area contributed by atoms with Gasteiger partial charge in [0.1, 0.15) is 5.76 Å². The minimum Gasteiger partial charge on any atom is -0.481 e. The smallest absolute Gasteiger partial charge is 0.216 e. The highest BCUT2D eigenvalue weighted by Crippen LogP contribution is 2.31. The van der Waals surface area contributed by atoms with Crippen LogP contribution in [0.15, 0.2) is 16.7 Å². The zero-order valence-corrected chi connectivity index (χ0v) is 12.3. The van der Waals surface area contributed by atoms with Crippen molar-refractivity contribution in [3.63, 3.8) is 0 Å². The highest BCUT2D eigenvalue weighted by Gasteiger charge is 2.23. The molecule has 0 fully saturated rings. The van der Waals surface area contributed by atoms with Crippen LogP contribution in [-0.4, -0.2) is 16.9 Å². The van der Waals surface area contributed by atoms with Gasteiger partial charge < -0.3 is 14.5 Å². The van der Waals surface area contributed by atoms with Crippen LogP contribution in [0.1, 0.15) is 41.5 Å². The van der Waals surface area contributed by atoms with Crippen LogP contribution in [0, 0.1) is 6.92 Å². The van der Waals surface area contributed by atoms with Gasteiger partial charge in [0, 0.05) is 31.6 Å². The third-order valence-corrected chi connectivity index (χ3v) is 4.06. The van der Waals surface area contributed by atoms with E-state index in [1.807, 2.05) is 14.0 Å². The topological polar surface area (TPSA) is 52.2 Å². The first-order valence-corrected chi connectivity index (χ1v) is 7.06. The molecule has 2 heterocycles. The van der Waals surface area contributed by atoms with Crippen LogP contribution in [0.4, 0.5) is 0 Å². The van der Waals surface area contributed by atoms with Crippen molar-refractivity contribution in [3.8, 4) is 5.88 Å². The summed E-state index contributed by atoms with van der Waals surface area (Å²) < 4.78 is 12.8. The van der Waals surface area contributed by atoms with Crippen LogP contribution in [0.5, 0.6) is 5.88 Å². The molecule has 1 unspecified atom stereocenters. The van der Waals surface area contributed by atoms with Crippen molar-refractivity contribution in [1.29, 1.82) is 0 Å². The third-order valence-electron chi connectivity index (χ3n) is 4.06. The zero-order chi connectivity index (χ0) is 14.1. The van der Waals surface area contributed by atoms with E-state index in [1.165, 1.54) is 12.0 Å². The Morgan fingerprint density at radius 1 is 1.55 bits per heavy atom. The van der Waals surface area contributed by atoms with Crippen LogP contribution in [-0.2, 0) is 20.0 Å². The predicted molar refractivity (Wildman–Crippen MR) is 75.7 cm³/mol. The molecule has 0 aliphatic heterocycles. The van der Waals surface area contributed by atoms with Gasteiger partial charge in [-0.25, -0.2) is 4.68 Å². The van der Waals surface area contributed by atoms with Crippen molar-refractivity contribution >= 4 is 0 Å². The molecule has 20 heavy (non-hydrogen) atoms. The third kappa shape index (κ3) is 2.22. The molecule has 0 saturated heterocycles. The van der Waals surface area contributed by atoms with Gasteiger partial charge in [-0.15, -0.1) is 0 Å². The maximum Gasteiger partial charge on any atom is 0.216 e. The van der Waals surface area contributed by atoms with Crippen molar-refractivity contribution in [2.24, 2.45) is 7.05 Å². The molecule has 108 valence electrons. The van der Waals surface area contributed by atoms with Crippen molar-refractivity contribution in [2.75, 3.05) is 7.11 Å². The molecule has 5 nitrogen and oxygen atoms in total. The van der Waals surface area contributed by atoms with Gasteiger partial charge in [0.25, 0.3) is 0 Å². The summed E-state index contributed by atoms with van der Waals surface area (Å²) in [6.45, 7) is 2.78. The summed E-state index contributed by atoms with van der Waals surface area (Å²) in [6.07, 6.45) is 5.16. The fraction of sp³-hybridized carbons (Fsp3) is 0.533. The van der Waals surface area contributed by atoms with E-state index in [9.17, 15) is 0 Å². The number of nitrogens with one attached hydrogen (secondary N) is 1. The normalized spacial score (nSPS) is 18.1. The van der Waals surface area contributed by atoms with Crippen molar-refractivity contribution in [3.05, 3.63) is 34.9 Å². The standard InChI is InChI=1S/C15H21N3O2/c1-10-12(15(19-3)18(2)17-10)9-16-13-5-4-6-14-11(13)7-8-20-14/h7-8,13,16H,4-6,9H2,1-3H3. The zero-order valence-electron chi connectivity index (χ0n) is 12.3. The molecule has 1 aliphatic carbocycles. The van der Waals surface area contributed by atoms with Gasteiger partial charge in [0.15, 0.2) is 0 Å². The van der Waals surface area contributed by atoms with E-state index >= 15 is 0 Å². The Labute approximate surface area is 118 Å². The lowest BCUT2D eigenvalue weighted by Crippen LogP contribution is -2.24. The summed E-state index contributed by atoms with van der Waals surface area (Å²) in [5.41, 5.74) is 3.45. The Bertz CT molecular complexity index is 600. The Morgan fingerprint density at radius 2 is 2.40 bits per heavy atom. The number of furan rings is 1. The largest absolute Gasteiger partial charge is 0.481 e. The van der Waals surface area contributed by atoms with Crippen LogP contribution in [0.3, 0.4) is 0 Å². The van der Waals surface area contributed by atoms with E-state index in [4.69, 9.17) is 9.15 Å². The van der Waals surface area contributed by atoms with Crippen LogP contribution in [0.25, 0.3) is 0 Å². The van der Waals surface area contributed by atoms with Crippen LogP contribution < -0.4 is 10.1 Å². The van der Waals surface area contributed by atoms with Crippen molar-refractivity contribution < 1.29 is 9.15 Å². The molecular formula is C15H21N3O2. The highest BCUT2D eigenvalue weighted by atomic mass is 16.5. The fourth-order valence-corrected chi connectivity index (χ4v) is 3.06. The molecule has 1 N–H and O–H groups in total. The SMILES string of the molecule is COc1c(CNC2CCCc3occc32)c(C)nn1C. The Morgan fingerprint density at radius 3 is 3.20 bits per heavy atom. The molecular weight excluding hydrogens is 254 g/mol. The Kier molecular flexibility index (Phi) is 3.53. The first-order chi connectivity index (χ1) is 9.70. The quantitative estimate of drug-likeness (QED) is 0.931. The average molecular weight is 275 g/mol. The van der Waals surface area contributed by atoms with Crippen LogP contribution >= 0.6 is 0 Å². The van der Waals surface area contributed by atoms with Gasteiger partial charge in [-0.3, -0.25) is 0 Å². The number of methoxy groups -OCH3 is 1. The van der Waals surface area contributed by atoms with E-state index in [2.05, 4.69) is 16.5 Å². The molecule has 0 radical (unpaired) electrons. The number of fused-ring (bicyclic) bond motifs is 1. The number of ether oxygens (including phenoxy) is 1. The van der Waals surface area contributed by atoms with Gasteiger partial charge >= 0.3 is 0 Å². The molecule has 2 aromatic heterocycles. The summed E-state index contributed by atoms with van der Waals surface area (Å²) in [5.74, 6) is 1.96. The second-order valence-electron chi connectivity index (χ2n) is 5.32. The maximum absolute atomic E-state index is 5.53. The number of aryl methyl sites for hydroxylation is 3. The Hall–Kier alpha value is -1.75. The molecule has 2 aromatic rings. The van der Waals surface area contributed by atoms with Crippen LogP contribution in [0.2, 0.25) is 0 Å². The van der Waals surface area contributed by atoms with Gasteiger partial charge in [-0.2, -0.15) is 5.10 Å². The summed E-state index contributed by atoms with van der Waals surface area (Å²) in [4.78, 5) is 0. The molecule has 5 heteroatoms. The van der Waals surface area contributed by atoms with E-state index < -0.39 is 0 Å². The van der Waals surface area contributed by atoms with E-state index in [1.54, 1.807) is 18.1 Å². The van der Waals surface area contributed by atoms with Gasteiger partial charge in [-0.1, -0.05) is 0 Å². The van der Waals surface area contributed by atoms with Crippen molar-refractivity contribution in [2.45, 2.75) is 38.8 Å². The molecule has 1 atom stereocenters. The number of rotatable bonds is 4. The summed E-state index contributed by atoms with van der Waals surface area (Å²) >= 11 is 0. The number of nitrogens with zero attached hydrogens (tertiary/aromatic N) is 2. The second-order valence-corrected chi connectivity index (χ2v) is 5.32. The minimum atomic E-state index is 0.363. The number of hydrogen-bond donors (Lipinski definition) is 1. The van der Waals surface area contributed by atoms with E-state index in [-0.39, 0.29) is 0 Å². The number of aromatic nitrogens is 2. The maximum atomic E-state index is 5.53. The minimum absolute atomic E-state index is 0.363. The lowest BCUT2D eigenvalue weighted by molar-refractivity contribution is 0.363. The Balaban J connectivity index is 1.75. The van der Waals surface area contributed by atoms with Gasteiger partial charge in [0.05, 0.1) is 24.6 Å². The molecule has 3 rings (SSSR count). The van der Waals surface area contributed by atoms with E-state index in [0.717, 1.165) is 42.3 Å². The predicted octanol–water partition coefficient (Wildman–Crippen LogP) is 2.50. The molecule has 0 aromatic carbocycles. The first-order valence-electron chi connectivity index (χ1n) is 7.06. The molecule has 0 amide bonds. The second kappa shape index (κ2) is 5.32. The van der Waals surface area contributed by atoms with E-state index in [0.29, 0.717) is 6.04 Å². The van der Waals surface area contributed by atoms with Gasteiger partial charge in [-0.05, 0) is 25.8 Å².